The van der Waals surface area contributed by atoms with E-state index in [2.05, 4.69) is 31.9 Å². The maximum Gasteiger partial charge on any atom is 0.245 e. The van der Waals surface area contributed by atoms with Crippen LogP contribution in [-0.4, -0.2) is 41.7 Å². The molecule has 12 heteroatoms. The highest BCUT2D eigenvalue weighted by Crippen LogP contribution is 2.36. The van der Waals surface area contributed by atoms with Crippen LogP contribution < -0.4 is 10.6 Å². The average molecular weight is 526 g/mol. The van der Waals surface area contributed by atoms with E-state index < -0.39 is 21.0 Å². The molecule has 2 amide bonds. The number of fused-ring (bicyclic) bond motifs is 2. The minimum absolute atomic E-state index is 0.0155. The lowest BCUT2D eigenvalue weighted by Crippen LogP contribution is -2.33. The van der Waals surface area contributed by atoms with Crippen LogP contribution in [0.4, 0.5) is 5.69 Å². The summed E-state index contributed by atoms with van der Waals surface area (Å²) in [5, 5.41) is 11.7. The van der Waals surface area contributed by atoms with Gasteiger partial charge in [0.05, 0.1) is 16.8 Å². The van der Waals surface area contributed by atoms with Crippen molar-refractivity contribution < 1.29 is 22.4 Å². The number of nitrogens with zero attached hydrogens (tertiary/aromatic N) is 3. The van der Waals surface area contributed by atoms with Crippen LogP contribution in [0.25, 0.3) is 21.3 Å². The van der Waals surface area contributed by atoms with Crippen molar-refractivity contribution in [1.82, 2.24) is 20.5 Å². The van der Waals surface area contributed by atoms with Crippen molar-refractivity contribution >= 4 is 48.9 Å². The molecule has 1 atom stereocenters. The summed E-state index contributed by atoms with van der Waals surface area (Å²) in [6.07, 6.45) is 2.14. The second kappa shape index (κ2) is 9.10. The highest BCUT2D eigenvalue weighted by Gasteiger charge is 2.34. The van der Waals surface area contributed by atoms with Gasteiger partial charge >= 0.3 is 0 Å². The van der Waals surface area contributed by atoms with Gasteiger partial charge in [0.2, 0.25) is 23.6 Å². The van der Waals surface area contributed by atoms with Crippen molar-refractivity contribution in [2.24, 2.45) is 0 Å². The molecular weight excluding hydrogens is 502 g/mol. The number of hydrogen-bond donors (Lipinski definition) is 2. The number of hydrogen-bond acceptors (Lipinski definition) is 9. The lowest BCUT2D eigenvalue weighted by molar-refractivity contribution is -0.121. The smallest absolute Gasteiger partial charge is 0.245 e. The maximum absolute atomic E-state index is 12.9. The fourth-order valence-corrected chi connectivity index (χ4v) is 6.75. The van der Waals surface area contributed by atoms with Crippen molar-refractivity contribution in [2.75, 3.05) is 11.6 Å². The number of carbonyl (C=O) groups is 2. The van der Waals surface area contributed by atoms with Gasteiger partial charge in [-0.05, 0) is 59.9 Å². The molecule has 10 nitrogen and oxygen atoms in total. The standard InChI is InChI=1S/C24H23N5O5S2/c1-12-8-18-19(10-16(12)14-4-6-17-15(9-14)5-7-20(30)26-17)35-24(27-18)22(36(3,32)33)23(31)25-11-21-29-28-13(2)34-21/h4,6,8-10,22H,5,7,11H2,1-3H3,(H,25,31)(H,26,30). The Bertz CT molecular complexity index is 1620. The molecular formula is C24H23N5O5S2. The zero-order valence-electron chi connectivity index (χ0n) is 19.8. The summed E-state index contributed by atoms with van der Waals surface area (Å²) in [6, 6.07) is 9.78. The summed E-state index contributed by atoms with van der Waals surface area (Å²) in [6.45, 7) is 3.50. The number of thiazole rings is 1. The zero-order valence-corrected chi connectivity index (χ0v) is 21.4. The van der Waals surface area contributed by atoms with Crippen molar-refractivity contribution in [2.45, 2.75) is 38.5 Å². The molecule has 36 heavy (non-hydrogen) atoms. The Morgan fingerprint density at radius 3 is 2.72 bits per heavy atom. The van der Waals surface area contributed by atoms with Gasteiger partial charge in [0.15, 0.2) is 15.1 Å². The summed E-state index contributed by atoms with van der Waals surface area (Å²) < 4.78 is 31.2. The molecule has 186 valence electrons. The predicted molar refractivity (Wildman–Crippen MR) is 135 cm³/mol. The van der Waals surface area contributed by atoms with Crippen LogP contribution in [0.2, 0.25) is 0 Å². The number of anilines is 1. The number of sulfone groups is 1. The SMILES string of the molecule is Cc1nnc(CNC(=O)C(c2nc3cc(C)c(-c4ccc5c(c4)CCC(=O)N5)cc3s2)S(C)(=O)=O)o1. The zero-order chi connectivity index (χ0) is 25.6. The molecule has 1 unspecified atom stereocenters. The molecule has 2 aromatic heterocycles. The minimum Gasteiger partial charge on any atom is -0.424 e. The summed E-state index contributed by atoms with van der Waals surface area (Å²) >= 11 is 1.17. The molecule has 2 aromatic carbocycles. The van der Waals surface area contributed by atoms with E-state index in [0.29, 0.717) is 24.2 Å². The van der Waals surface area contributed by atoms with Crippen LogP contribution in [-0.2, 0) is 32.4 Å². The number of carbonyl (C=O) groups excluding carboxylic acids is 2. The molecule has 0 fully saturated rings. The summed E-state index contributed by atoms with van der Waals surface area (Å²) in [4.78, 5) is 29.1. The summed E-state index contributed by atoms with van der Waals surface area (Å²) in [5.74, 6) is -0.162. The third kappa shape index (κ3) is 4.73. The molecule has 0 spiro atoms. The van der Waals surface area contributed by atoms with Crippen LogP contribution in [0.3, 0.4) is 0 Å². The van der Waals surface area contributed by atoms with Crippen molar-refractivity contribution in [3.8, 4) is 11.1 Å². The molecule has 0 saturated carbocycles. The van der Waals surface area contributed by atoms with Crippen LogP contribution in [0.15, 0.2) is 34.7 Å². The van der Waals surface area contributed by atoms with Gasteiger partial charge in [-0.25, -0.2) is 13.4 Å². The van der Waals surface area contributed by atoms with Gasteiger partial charge in [-0.1, -0.05) is 6.07 Å². The van der Waals surface area contributed by atoms with E-state index in [0.717, 1.165) is 38.9 Å². The van der Waals surface area contributed by atoms with Gasteiger partial charge in [0, 0.05) is 25.3 Å². The fourth-order valence-electron chi connectivity index (χ4n) is 4.22. The quantitative estimate of drug-likeness (QED) is 0.390. The second-order valence-corrected chi connectivity index (χ2v) is 11.9. The molecule has 0 saturated heterocycles. The molecule has 0 radical (unpaired) electrons. The second-order valence-electron chi connectivity index (χ2n) is 8.75. The Kier molecular flexibility index (Phi) is 6.08. The number of benzene rings is 2. The lowest BCUT2D eigenvalue weighted by atomic mass is 9.95. The van der Waals surface area contributed by atoms with Crippen LogP contribution >= 0.6 is 11.3 Å². The van der Waals surface area contributed by atoms with E-state index in [9.17, 15) is 18.0 Å². The normalized spacial score (nSPS) is 14.4. The Hall–Kier alpha value is -3.64. The van der Waals surface area contributed by atoms with Gasteiger partial charge in [0.1, 0.15) is 5.01 Å². The summed E-state index contributed by atoms with van der Waals surface area (Å²) in [5.41, 5.74) is 5.45. The average Bonchev–Trinajstić information content (AvgIpc) is 3.41. The van der Waals surface area contributed by atoms with E-state index in [1.807, 2.05) is 31.2 Å². The number of rotatable bonds is 6. The monoisotopic (exact) mass is 525 g/mol. The van der Waals surface area contributed by atoms with E-state index in [1.165, 1.54) is 11.3 Å². The molecule has 2 N–H and O–H groups in total. The lowest BCUT2D eigenvalue weighted by Gasteiger charge is -2.18. The highest BCUT2D eigenvalue weighted by atomic mass is 32.2. The predicted octanol–water partition coefficient (Wildman–Crippen LogP) is 3.25. The Balaban J connectivity index is 1.47. The molecule has 3 heterocycles. The molecule has 0 aliphatic carbocycles. The van der Waals surface area contributed by atoms with Gasteiger partial charge < -0.3 is 15.1 Å². The minimum atomic E-state index is -3.82. The number of aromatic nitrogens is 3. The molecule has 4 aromatic rings. The molecule has 0 bridgehead atoms. The van der Waals surface area contributed by atoms with Crippen molar-refractivity contribution in [3.63, 3.8) is 0 Å². The van der Waals surface area contributed by atoms with E-state index in [1.54, 1.807) is 6.92 Å². The Morgan fingerprint density at radius 1 is 1.19 bits per heavy atom. The Labute approximate surface area is 211 Å². The van der Waals surface area contributed by atoms with Gasteiger partial charge in [-0.3, -0.25) is 9.59 Å². The maximum atomic E-state index is 12.9. The van der Waals surface area contributed by atoms with Crippen molar-refractivity contribution in [1.29, 1.82) is 0 Å². The number of aryl methyl sites for hydroxylation is 3. The third-order valence-corrected chi connectivity index (χ3v) is 8.46. The van der Waals surface area contributed by atoms with E-state index in [4.69, 9.17) is 4.42 Å². The Morgan fingerprint density at radius 2 is 2.00 bits per heavy atom. The first-order chi connectivity index (χ1) is 17.1. The van der Waals surface area contributed by atoms with Crippen molar-refractivity contribution in [3.05, 3.63) is 58.2 Å². The number of amides is 2. The van der Waals surface area contributed by atoms with Gasteiger partial charge in [0.25, 0.3) is 0 Å². The van der Waals surface area contributed by atoms with Crippen LogP contribution in [0.1, 0.15) is 39.6 Å². The van der Waals surface area contributed by atoms with Gasteiger partial charge in [-0.15, -0.1) is 21.5 Å². The van der Waals surface area contributed by atoms with Crippen LogP contribution in [0.5, 0.6) is 0 Å². The molecule has 5 rings (SSSR count). The fraction of sp³-hybridized carbons (Fsp3) is 0.292. The largest absolute Gasteiger partial charge is 0.424 e. The first kappa shape index (κ1) is 24.1. The first-order valence-electron chi connectivity index (χ1n) is 11.2. The van der Waals surface area contributed by atoms with E-state index >= 15 is 0 Å². The molecule has 1 aliphatic heterocycles. The van der Waals surface area contributed by atoms with E-state index in [-0.39, 0.29) is 23.4 Å². The van der Waals surface area contributed by atoms with Crippen LogP contribution in [0, 0.1) is 13.8 Å². The third-order valence-electron chi connectivity index (χ3n) is 5.94. The topological polar surface area (TPSA) is 144 Å². The molecule has 1 aliphatic rings. The highest BCUT2D eigenvalue weighted by molar-refractivity contribution is 7.91. The first-order valence-corrected chi connectivity index (χ1v) is 14.0. The number of nitrogens with one attached hydrogen (secondary N) is 2. The summed E-state index contributed by atoms with van der Waals surface area (Å²) in [7, 11) is -3.82. The van der Waals surface area contributed by atoms with Gasteiger partial charge in [-0.2, -0.15) is 0 Å².